The Morgan fingerprint density at radius 1 is 1.18 bits per heavy atom. The Hall–Kier alpha value is -3.26. The van der Waals surface area contributed by atoms with Gasteiger partial charge in [-0.1, -0.05) is 54.2 Å². The molecule has 7 nitrogen and oxygen atoms in total. The Morgan fingerprint density at radius 2 is 1.96 bits per heavy atom. The van der Waals surface area contributed by atoms with Crippen molar-refractivity contribution >= 4 is 46.4 Å². The van der Waals surface area contributed by atoms with Gasteiger partial charge in [-0.3, -0.25) is 14.4 Å². The van der Waals surface area contributed by atoms with Gasteiger partial charge >= 0.3 is 0 Å². The molecule has 28 heavy (non-hydrogen) atoms. The fourth-order valence-electron chi connectivity index (χ4n) is 2.47. The smallest absolute Gasteiger partial charge is 0.240 e. The van der Waals surface area contributed by atoms with Crippen molar-refractivity contribution in [2.45, 2.75) is 18.6 Å². The van der Waals surface area contributed by atoms with Crippen LogP contribution in [0.25, 0.3) is 0 Å². The highest BCUT2D eigenvalue weighted by Gasteiger charge is 2.32. The van der Waals surface area contributed by atoms with Gasteiger partial charge in [-0.25, -0.2) is 0 Å². The highest BCUT2D eigenvalue weighted by molar-refractivity contribution is 8.15. The van der Waals surface area contributed by atoms with Crippen molar-refractivity contribution in [3.63, 3.8) is 0 Å². The number of rotatable bonds is 6. The molecule has 2 aromatic rings. The number of amides is 2. The van der Waals surface area contributed by atoms with Crippen molar-refractivity contribution in [2.24, 2.45) is 10.2 Å². The topological polar surface area (TPSA) is 100.0 Å². The van der Waals surface area contributed by atoms with Crippen molar-refractivity contribution in [2.75, 3.05) is 5.32 Å². The lowest BCUT2D eigenvalue weighted by atomic mass is 10.1. The largest absolute Gasteiger partial charge is 0.326 e. The lowest BCUT2D eigenvalue weighted by molar-refractivity contribution is -0.122. The number of carbonyl (C=O) groups is 3. The number of thioether (sulfide) groups is 1. The van der Waals surface area contributed by atoms with E-state index in [1.807, 2.05) is 30.3 Å². The number of anilines is 1. The maximum atomic E-state index is 12.2. The second-order valence-electron chi connectivity index (χ2n) is 6.05. The average Bonchev–Trinajstić information content (AvgIpc) is 3.02. The molecule has 142 valence electrons. The molecule has 3 rings (SSSR count). The molecule has 1 heterocycles. The number of hydrogen-bond acceptors (Lipinski definition) is 6. The molecule has 0 unspecified atom stereocenters. The van der Waals surface area contributed by atoms with Gasteiger partial charge in [0.2, 0.25) is 11.8 Å². The molecular formula is C20H18N4O3S. The van der Waals surface area contributed by atoms with E-state index < -0.39 is 5.25 Å². The van der Waals surface area contributed by atoms with Gasteiger partial charge in [-0.05, 0) is 24.6 Å². The molecule has 8 heteroatoms. The molecule has 0 aliphatic carbocycles. The summed E-state index contributed by atoms with van der Waals surface area (Å²) in [5, 5.41) is 13.1. The normalized spacial score (nSPS) is 17.7. The standard InChI is InChI=1S/C20H18N4O3S/c1-13(25)15-8-5-9-16(10-15)22-18(26)11-17-19(27)23-20(28-17)24-21-12-14-6-3-2-4-7-14/h2-10,12,17H,11H2,1H3,(H,22,26)(H,23,24,27)/b21-12+/t17-/m0/s1. The van der Waals surface area contributed by atoms with Crippen LogP contribution in [0.5, 0.6) is 0 Å². The molecule has 1 aliphatic heterocycles. The van der Waals surface area contributed by atoms with Gasteiger partial charge in [-0.2, -0.15) is 5.10 Å². The molecule has 2 aromatic carbocycles. The van der Waals surface area contributed by atoms with Crippen LogP contribution in [-0.2, 0) is 9.59 Å². The summed E-state index contributed by atoms with van der Waals surface area (Å²) in [5.74, 6) is -0.688. The second kappa shape index (κ2) is 9.09. The van der Waals surface area contributed by atoms with E-state index >= 15 is 0 Å². The monoisotopic (exact) mass is 394 g/mol. The number of hydrogen-bond donors (Lipinski definition) is 2. The first kappa shape index (κ1) is 19.5. The zero-order valence-electron chi connectivity index (χ0n) is 15.1. The average molecular weight is 394 g/mol. The van der Waals surface area contributed by atoms with Gasteiger partial charge in [0, 0.05) is 17.7 Å². The van der Waals surface area contributed by atoms with E-state index in [0.717, 1.165) is 17.3 Å². The number of nitrogens with zero attached hydrogens (tertiary/aromatic N) is 2. The summed E-state index contributed by atoms with van der Waals surface area (Å²) in [6.45, 7) is 1.46. The third-order valence-electron chi connectivity index (χ3n) is 3.86. The molecule has 1 fully saturated rings. The van der Waals surface area contributed by atoms with E-state index in [1.54, 1.807) is 30.5 Å². The molecular weight excluding hydrogens is 376 g/mol. The number of carbonyl (C=O) groups excluding carboxylic acids is 3. The van der Waals surface area contributed by atoms with Crippen LogP contribution in [-0.4, -0.2) is 34.2 Å². The van der Waals surface area contributed by atoms with Crippen LogP contribution in [0.3, 0.4) is 0 Å². The van der Waals surface area contributed by atoms with Crippen molar-refractivity contribution < 1.29 is 14.4 Å². The third-order valence-corrected chi connectivity index (χ3v) is 4.93. The maximum absolute atomic E-state index is 12.2. The molecule has 2 amide bonds. The summed E-state index contributed by atoms with van der Waals surface area (Å²) in [7, 11) is 0. The van der Waals surface area contributed by atoms with Crippen LogP contribution in [0.1, 0.15) is 29.3 Å². The molecule has 0 aromatic heterocycles. The summed E-state index contributed by atoms with van der Waals surface area (Å²) in [6.07, 6.45) is 1.57. The van der Waals surface area contributed by atoms with Crippen LogP contribution in [0, 0.1) is 0 Å². The van der Waals surface area contributed by atoms with Crippen LogP contribution >= 0.6 is 11.8 Å². The van der Waals surface area contributed by atoms with Gasteiger partial charge in [-0.15, -0.1) is 5.10 Å². The van der Waals surface area contributed by atoms with E-state index in [0.29, 0.717) is 16.4 Å². The van der Waals surface area contributed by atoms with Gasteiger partial charge in [0.25, 0.3) is 0 Å². The van der Waals surface area contributed by atoms with Gasteiger partial charge in [0.15, 0.2) is 11.0 Å². The Labute approximate surface area is 166 Å². The first-order chi connectivity index (χ1) is 13.5. The predicted molar refractivity (Wildman–Crippen MR) is 111 cm³/mol. The predicted octanol–water partition coefficient (Wildman–Crippen LogP) is 2.84. The molecule has 0 saturated carbocycles. The quantitative estimate of drug-likeness (QED) is 0.447. The van der Waals surface area contributed by atoms with Gasteiger partial charge < -0.3 is 10.6 Å². The summed E-state index contributed by atoms with van der Waals surface area (Å²) < 4.78 is 0. The van der Waals surface area contributed by atoms with Crippen LogP contribution < -0.4 is 10.6 Å². The molecule has 2 N–H and O–H groups in total. The number of benzene rings is 2. The maximum Gasteiger partial charge on any atom is 0.240 e. The van der Waals surface area contributed by atoms with E-state index in [9.17, 15) is 14.4 Å². The highest BCUT2D eigenvalue weighted by Crippen LogP contribution is 2.23. The number of nitrogens with one attached hydrogen (secondary N) is 2. The van der Waals surface area contributed by atoms with E-state index in [2.05, 4.69) is 20.8 Å². The summed E-state index contributed by atoms with van der Waals surface area (Å²) in [4.78, 5) is 35.7. The number of ketones is 1. The first-order valence-corrected chi connectivity index (χ1v) is 9.43. The highest BCUT2D eigenvalue weighted by atomic mass is 32.2. The minimum absolute atomic E-state index is 0.0117. The molecule has 0 radical (unpaired) electrons. The number of Topliss-reactive ketones (excluding diaryl/α,β-unsaturated/α-hetero) is 1. The fourth-order valence-corrected chi connectivity index (χ4v) is 3.39. The minimum Gasteiger partial charge on any atom is -0.326 e. The third kappa shape index (κ3) is 5.37. The van der Waals surface area contributed by atoms with E-state index in [1.165, 1.54) is 6.92 Å². The van der Waals surface area contributed by atoms with E-state index in [-0.39, 0.29) is 24.0 Å². The first-order valence-electron chi connectivity index (χ1n) is 8.56. The van der Waals surface area contributed by atoms with Crippen molar-refractivity contribution in [3.05, 3.63) is 65.7 Å². The molecule has 1 aliphatic rings. The van der Waals surface area contributed by atoms with Gasteiger partial charge in [0.1, 0.15) is 5.25 Å². The summed E-state index contributed by atoms with van der Waals surface area (Å²) >= 11 is 1.16. The molecule has 1 atom stereocenters. The molecule has 1 saturated heterocycles. The Morgan fingerprint density at radius 3 is 2.71 bits per heavy atom. The van der Waals surface area contributed by atoms with E-state index in [4.69, 9.17) is 0 Å². The Kier molecular flexibility index (Phi) is 6.33. The van der Waals surface area contributed by atoms with Crippen molar-refractivity contribution in [1.29, 1.82) is 0 Å². The Bertz CT molecular complexity index is 957. The molecule has 0 bridgehead atoms. The zero-order chi connectivity index (χ0) is 19.9. The van der Waals surface area contributed by atoms with Crippen molar-refractivity contribution in [1.82, 2.24) is 5.32 Å². The second-order valence-corrected chi connectivity index (χ2v) is 7.24. The van der Waals surface area contributed by atoms with Crippen LogP contribution in [0.2, 0.25) is 0 Å². The molecule has 0 spiro atoms. The lowest BCUT2D eigenvalue weighted by Crippen LogP contribution is -2.28. The zero-order valence-corrected chi connectivity index (χ0v) is 15.9. The summed E-state index contributed by atoms with van der Waals surface area (Å²) in [5.41, 5.74) is 1.92. The van der Waals surface area contributed by atoms with Gasteiger partial charge in [0.05, 0.1) is 6.21 Å². The lowest BCUT2D eigenvalue weighted by Gasteiger charge is -2.08. The minimum atomic E-state index is -0.582. The Balaban J connectivity index is 1.56. The van der Waals surface area contributed by atoms with Crippen molar-refractivity contribution in [3.8, 4) is 0 Å². The fraction of sp³-hybridized carbons (Fsp3) is 0.150. The van der Waals surface area contributed by atoms with Crippen LogP contribution in [0.4, 0.5) is 5.69 Å². The van der Waals surface area contributed by atoms with Crippen LogP contribution in [0.15, 0.2) is 64.8 Å². The SMILES string of the molecule is CC(=O)c1cccc(NC(=O)C[C@@H]2S/C(=N/N=C/c3ccccc3)NC2=O)c1. The number of amidine groups is 1. The summed E-state index contributed by atoms with van der Waals surface area (Å²) in [6, 6.07) is 16.1.